The van der Waals surface area contributed by atoms with Crippen LogP contribution in [0.4, 0.5) is 0 Å². The number of allylic oxidation sites excluding steroid dienone is 3. The average Bonchev–Trinajstić information content (AvgIpc) is 2.53. The number of ether oxygens (including phenoxy) is 1. The van der Waals surface area contributed by atoms with Gasteiger partial charge in [-0.1, -0.05) is 48.2 Å². The summed E-state index contributed by atoms with van der Waals surface area (Å²) >= 11 is 0. The zero-order valence-corrected chi connectivity index (χ0v) is 11.7. The van der Waals surface area contributed by atoms with Crippen molar-refractivity contribution in [3.8, 4) is 11.8 Å². The van der Waals surface area contributed by atoms with Crippen molar-refractivity contribution in [2.24, 2.45) is 0 Å². The Morgan fingerprint density at radius 3 is 2.70 bits per heavy atom. The lowest BCUT2D eigenvalue weighted by Crippen LogP contribution is -1.96. The van der Waals surface area contributed by atoms with Crippen molar-refractivity contribution in [2.45, 2.75) is 25.7 Å². The van der Waals surface area contributed by atoms with Crippen molar-refractivity contribution in [2.75, 3.05) is 7.11 Å². The summed E-state index contributed by atoms with van der Waals surface area (Å²) in [6.45, 7) is 0. The Morgan fingerprint density at radius 2 is 2.05 bits per heavy atom. The SMILES string of the molecule is COC(=O)/C=C(/C#CC1=CCCCC1)c1ccccc1. The minimum absolute atomic E-state index is 0.379. The Balaban J connectivity index is 2.28. The molecule has 0 bridgehead atoms. The lowest BCUT2D eigenvalue weighted by atomic mass is 9.99. The first-order valence-corrected chi connectivity index (χ1v) is 6.86. The van der Waals surface area contributed by atoms with Crippen LogP contribution in [0.1, 0.15) is 31.2 Å². The molecule has 1 aromatic carbocycles. The van der Waals surface area contributed by atoms with Crippen LogP contribution in [0.25, 0.3) is 5.57 Å². The molecule has 0 saturated heterocycles. The summed E-state index contributed by atoms with van der Waals surface area (Å²) in [5, 5.41) is 0. The van der Waals surface area contributed by atoms with Crippen molar-refractivity contribution in [3.05, 3.63) is 53.6 Å². The summed E-state index contributed by atoms with van der Waals surface area (Å²) in [7, 11) is 1.37. The molecule has 1 aliphatic carbocycles. The van der Waals surface area contributed by atoms with Crippen LogP contribution in [-0.4, -0.2) is 13.1 Å². The summed E-state index contributed by atoms with van der Waals surface area (Å²) < 4.78 is 4.70. The molecule has 0 radical (unpaired) electrons. The molecule has 1 aliphatic rings. The lowest BCUT2D eigenvalue weighted by Gasteiger charge is -2.06. The number of esters is 1. The van der Waals surface area contributed by atoms with Crippen molar-refractivity contribution < 1.29 is 9.53 Å². The molecule has 0 fully saturated rings. The molecule has 2 nitrogen and oxygen atoms in total. The van der Waals surface area contributed by atoms with Crippen molar-refractivity contribution in [3.63, 3.8) is 0 Å². The van der Waals surface area contributed by atoms with Crippen molar-refractivity contribution >= 4 is 11.5 Å². The molecule has 20 heavy (non-hydrogen) atoms. The van der Waals surface area contributed by atoms with Crippen molar-refractivity contribution in [1.29, 1.82) is 0 Å². The second-order valence-electron chi connectivity index (χ2n) is 4.67. The zero-order valence-electron chi connectivity index (χ0n) is 11.7. The van der Waals surface area contributed by atoms with Gasteiger partial charge in [-0.15, -0.1) is 0 Å². The maximum atomic E-state index is 11.5. The topological polar surface area (TPSA) is 26.3 Å². The fourth-order valence-corrected chi connectivity index (χ4v) is 2.09. The van der Waals surface area contributed by atoms with Crippen molar-refractivity contribution in [1.82, 2.24) is 0 Å². The highest BCUT2D eigenvalue weighted by molar-refractivity contribution is 5.96. The Morgan fingerprint density at radius 1 is 1.25 bits per heavy atom. The predicted molar refractivity (Wildman–Crippen MR) is 80.8 cm³/mol. The molecule has 0 atom stereocenters. The van der Waals surface area contributed by atoms with Gasteiger partial charge in [-0.25, -0.2) is 4.79 Å². The normalized spacial score (nSPS) is 14.8. The van der Waals surface area contributed by atoms with Gasteiger partial charge in [-0.3, -0.25) is 0 Å². The summed E-state index contributed by atoms with van der Waals surface area (Å²) in [4.78, 5) is 11.5. The number of carbonyl (C=O) groups is 1. The third-order valence-electron chi connectivity index (χ3n) is 3.20. The van der Waals surface area contributed by atoms with E-state index in [0.717, 1.165) is 18.4 Å². The van der Waals surface area contributed by atoms with E-state index in [0.29, 0.717) is 5.57 Å². The van der Waals surface area contributed by atoms with E-state index in [1.807, 2.05) is 30.3 Å². The molecular weight excluding hydrogens is 248 g/mol. The van der Waals surface area contributed by atoms with Gasteiger partial charge < -0.3 is 4.74 Å². The first-order valence-electron chi connectivity index (χ1n) is 6.86. The third kappa shape index (κ3) is 4.13. The van der Waals surface area contributed by atoms with Crippen LogP contribution >= 0.6 is 0 Å². The number of hydrogen-bond acceptors (Lipinski definition) is 2. The second kappa shape index (κ2) is 7.35. The van der Waals surface area contributed by atoms with Gasteiger partial charge in [0, 0.05) is 11.6 Å². The molecule has 0 unspecified atom stereocenters. The fourth-order valence-electron chi connectivity index (χ4n) is 2.09. The Bertz CT molecular complexity index is 583. The largest absolute Gasteiger partial charge is 0.466 e. The van der Waals surface area contributed by atoms with Crippen LogP contribution in [0.5, 0.6) is 0 Å². The molecule has 2 rings (SSSR count). The molecule has 0 spiro atoms. The summed E-state index contributed by atoms with van der Waals surface area (Å²) in [6, 6.07) is 9.69. The van der Waals surface area contributed by atoms with Gasteiger partial charge in [-0.2, -0.15) is 0 Å². The van der Waals surface area contributed by atoms with Crippen LogP contribution in [0, 0.1) is 11.8 Å². The van der Waals surface area contributed by atoms with Gasteiger partial charge in [0.05, 0.1) is 7.11 Å². The van der Waals surface area contributed by atoms with E-state index in [4.69, 9.17) is 4.74 Å². The molecular formula is C18H18O2. The molecule has 0 N–H and O–H groups in total. The predicted octanol–water partition coefficient (Wildman–Crippen LogP) is 3.75. The first-order chi connectivity index (χ1) is 9.79. The highest BCUT2D eigenvalue weighted by Crippen LogP contribution is 2.18. The number of hydrogen-bond donors (Lipinski definition) is 0. The molecule has 2 heteroatoms. The Kier molecular flexibility index (Phi) is 5.20. The van der Waals surface area contributed by atoms with E-state index in [-0.39, 0.29) is 5.97 Å². The van der Waals surface area contributed by atoms with E-state index < -0.39 is 0 Å². The smallest absolute Gasteiger partial charge is 0.331 e. The standard InChI is InChI=1S/C18H18O2/c1-20-18(19)14-17(16-10-6-3-7-11-16)13-12-15-8-4-2-5-9-15/h3,6-8,10-11,14H,2,4-5,9H2,1H3/b17-14-. The molecule has 0 saturated carbocycles. The quantitative estimate of drug-likeness (QED) is 0.463. The Hall–Kier alpha value is -2.27. The van der Waals surface area contributed by atoms with Gasteiger partial charge in [0.15, 0.2) is 0 Å². The van der Waals surface area contributed by atoms with Crippen LogP contribution in [0.15, 0.2) is 48.1 Å². The number of rotatable bonds is 2. The molecule has 1 aromatic rings. The minimum atomic E-state index is -0.379. The van der Waals surface area contributed by atoms with Gasteiger partial charge in [0.1, 0.15) is 0 Å². The second-order valence-corrected chi connectivity index (χ2v) is 4.67. The van der Waals surface area contributed by atoms with Crippen LogP contribution in [0.2, 0.25) is 0 Å². The van der Waals surface area contributed by atoms with Gasteiger partial charge >= 0.3 is 5.97 Å². The summed E-state index contributed by atoms with van der Waals surface area (Å²) in [6.07, 6.45) is 8.22. The van der Waals surface area contributed by atoms with Crippen LogP contribution in [-0.2, 0) is 9.53 Å². The van der Waals surface area contributed by atoms with Gasteiger partial charge in [0.2, 0.25) is 0 Å². The number of benzene rings is 1. The summed E-state index contributed by atoms with van der Waals surface area (Å²) in [5.41, 5.74) is 2.80. The maximum Gasteiger partial charge on any atom is 0.331 e. The molecule has 0 aliphatic heterocycles. The van der Waals surface area contributed by atoms with E-state index >= 15 is 0 Å². The van der Waals surface area contributed by atoms with E-state index in [9.17, 15) is 4.79 Å². The third-order valence-corrected chi connectivity index (χ3v) is 3.20. The van der Waals surface area contributed by atoms with E-state index in [1.54, 1.807) is 0 Å². The highest BCUT2D eigenvalue weighted by Gasteiger charge is 2.03. The lowest BCUT2D eigenvalue weighted by molar-refractivity contribution is -0.134. The van der Waals surface area contributed by atoms with E-state index in [1.165, 1.54) is 31.6 Å². The number of carbonyl (C=O) groups excluding carboxylic acids is 1. The van der Waals surface area contributed by atoms with Gasteiger partial charge in [0.25, 0.3) is 0 Å². The average molecular weight is 266 g/mol. The minimum Gasteiger partial charge on any atom is -0.466 e. The molecule has 102 valence electrons. The van der Waals surface area contributed by atoms with Gasteiger partial charge in [-0.05, 0) is 36.8 Å². The molecule has 0 heterocycles. The number of methoxy groups -OCH3 is 1. The maximum absolute atomic E-state index is 11.5. The highest BCUT2D eigenvalue weighted by atomic mass is 16.5. The molecule has 0 aromatic heterocycles. The van der Waals surface area contributed by atoms with Crippen LogP contribution in [0.3, 0.4) is 0 Å². The van der Waals surface area contributed by atoms with E-state index in [2.05, 4.69) is 17.9 Å². The first kappa shape index (κ1) is 14.1. The monoisotopic (exact) mass is 266 g/mol. The zero-order chi connectivity index (χ0) is 14.2. The Labute approximate surface area is 120 Å². The van der Waals surface area contributed by atoms with Crippen LogP contribution < -0.4 is 0 Å². The molecule has 0 amide bonds. The summed E-state index contributed by atoms with van der Waals surface area (Å²) in [5.74, 6) is 5.92. The fraction of sp³-hybridized carbons (Fsp3) is 0.278.